The summed E-state index contributed by atoms with van der Waals surface area (Å²) >= 11 is 1.19. The van der Waals surface area contributed by atoms with Crippen molar-refractivity contribution in [3.8, 4) is 0 Å². The van der Waals surface area contributed by atoms with Crippen molar-refractivity contribution >= 4 is 28.9 Å². The average molecular weight is 409 g/mol. The summed E-state index contributed by atoms with van der Waals surface area (Å²) in [7, 11) is 0. The fraction of sp³-hybridized carbons (Fsp3) is 0.381. The quantitative estimate of drug-likeness (QED) is 0.688. The monoisotopic (exact) mass is 408 g/mol. The van der Waals surface area contributed by atoms with Crippen LogP contribution in [-0.2, 0) is 6.42 Å². The second-order valence-electron chi connectivity index (χ2n) is 7.26. The van der Waals surface area contributed by atoms with Crippen LogP contribution in [-0.4, -0.2) is 43.5 Å². The van der Waals surface area contributed by atoms with Crippen molar-refractivity contribution < 1.29 is 4.79 Å². The second-order valence-corrected chi connectivity index (χ2v) is 8.01. The molecule has 1 aliphatic heterocycles. The molecule has 1 N–H and O–H groups in total. The smallest absolute Gasteiger partial charge is 0.267 e. The summed E-state index contributed by atoms with van der Waals surface area (Å²) in [5, 5.41) is 7.38. The highest BCUT2D eigenvalue weighted by molar-refractivity contribution is 7.08. The van der Waals surface area contributed by atoms with Crippen molar-refractivity contribution in [1.29, 1.82) is 0 Å². The number of carbonyl (C=O) groups is 1. The number of hydrogen-bond donors (Lipinski definition) is 1. The zero-order valence-corrected chi connectivity index (χ0v) is 17.4. The Kier molecular flexibility index (Phi) is 5.80. The minimum Gasteiger partial charge on any atom is -0.339 e. The maximum Gasteiger partial charge on any atom is 0.267 e. The number of rotatable bonds is 5. The van der Waals surface area contributed by atoms with Gasteiger partial charge in [-0.2, -0.15) is 0 Å². The maximum absolute atomic E-state index is 12.9. The van der Waals surface area contributed by atoms with Crippen molar-refractivity contribution in [2.45, 2.75) is 39.0 Å². The van der Waals surface area contributed by atoms with Crippen LogP contribution in [0.3, 0.4) is 0 Å². The van der Waals surface area contributed by atoms with E-state index >= 15 is 0 Å². The second kappa shape index (κ2) is 8.65. The molecular formula is C21H24N6OS. The molecule has 150 valence electrons. The van der Waals surface area contributed by atoms with Crippen LogP contribution in [0.25, 0.3) is 0 Å². The van der Waals surface area contributed by atoms with Crippen molar-refractivity contribution in [2.24, 2.45) is 0 Å². The lowest BCUT2D eigenvalue weighted by molar-refractivity contribution is 0.0709. The Morgan fingerprint density at radius 2 is 2.21 bits per heavy atom. The van der Waals surface area contributed by atoms with Gasteiger partial charge in [0, 0.05) is 30.9 Å². The largest absolute Gasteiger partial charge is 0.339 e. The number of pyridine rings is 2. The highest BCUT2D eigenvalue weighted by Gasteiger charge is 2.28. The number of nitrogens with one attached hydrogen (secondary N) is 1. The Hall–Kier alpha value is -2.87. The van der Waals surface area contributed by atoms with E-state index in [2.05, 4.69) is 24.9 Å². The Morgan fingerprint density at radius 3 is 2.97 bits per heavy atom. The molecule has 0 saturated carbocycles. The molecule has 4 rings (SSSR count). The summed E-state index contributed by atoms with van der Waals surface area (Å²) < 4.78 is 3.96. The summed E-state index contributed by atoms with van der Waals surface area (Å²) in [6, 6.07) is 8.02. The normalized spacial score (nSPS) is 16.6. The Bertz CT molecular complexity index is 987. The Morgan fingerprint density at radius 1 is 1.31 bits per heavy atom. The molecule has 0 bridgehead atoms. The van der Waals surface area contributed by atoms with Gasteiger partial charge in [-0.1, -0.05) is 17.5 Å². The molecule has 1 atom stereocenters. The van der Waals surface area contributed by atoms with Gasteiger partial charge in [0.15, 0.2) is 0 Å². The molecular weight excluding hydrogens is 384 g/mol. The van der Waals surface area contributed by atoms with E-state index in [9.17, 15) is 4.79 Å². The molecule has 1 amide bonds. The topological polar surface area (TPSA) is 83.9 Å². The number of carbonyl (C=O) groups excluding carboxylic acids is 1. The third kappa shape index (κ3) is 4.27. The Balaban J connectivity index is 1.44. The molecule has 1 aliphatic rings. The van der Waals surface area contributed by atoms with Crippen molar-refractivity contribution in [2.75, 3.05) is 18.4 Å². The molecule has 3 aromatic heterocycles. The first-order valence-corrected chi connectivity index (χ1v) is 10.7. The molecule has 4 heterocycles. The number of hydrogen-bond acceptors (Lipinski definition) is 7. The summed E-state index contributed by atoms with van der Waals surface area (Å²) in [4.78, 5) is 24.6. The summed E-state index contributed by atoms with van der Waals surface area (Å²) in [6.07, 6.45) is 6.34. The third-order valence-corrected chi connectivity index (χ3v) is 6.03. The van der Waals surface area contributed by atoms with Crippen LogP contribution in [0.5, 0.6) is 0 Å². The van der Waals surface area contributed by atoms with Crippen LogP contribution in [0.4, 0.5) is 11.5 Å². The van der Waals surface area contributed by atoms with Crippen LogP contribution in [0.1, 0.15) is 52.3 Å². The zero-order valence-electron chi connectivity index (χ0n) is 16.6. The highest BCUT2D eigenvalue weighted by atomic mass is 32.1. The average Bonchev–Trinajstić information content (AvgIpc) is 3.24. The first-order chi connectivity index (χ1) is 14.2. The van der Waals surface area contributed by atoms with E-state index in [1.807, 2.05) is 49.2 Å². The van der Waals surface area contributed by atoms with Crippen molar-refractivity contribution in [1.82, 2.24) is 24.5 Å². The van der Waals surface area contributed by atoms with E-state index in [1.165, 1.54) is 11.5 Å². The van der Waals surface area contributed by atoms with Crippen LogP contribution < -0.4 is 5.32 Å². The number of nitrogens with zero attached hydrogens (tertiary/aromatic N) is 5. The van der Waals surface area contributed by atoms with Gasteiger partial charge >= 0.3 is 0 Å². The molecule has 29 heavy (non-hydrogen) atoms. The van der Waals surface area contributed by atoms with Crippen LogP contribution in [0.2, 0.25) is 0 Å². The van der Waals surface area contributed by atoms with Gasteiger partial charge in [0.1, 0.15) is 10.7 Å². The lowest BCUT2D eigenvalue weighted by atomic mass is 9.94. The highest BCUT2D eigenvalue weighted by Crippen LogP contribution is 2.28. The van der Waals surface area contributed by atoms with Crippen molar-refractivity contribution in [3.63, 3.8) is 0 Å². The van der Waals surface area contributed by atoms with Crippen molar-refractivity contribution in [3.05, 3.63) is 58.5 Å². The minimum absolute atomic E-state index is 0.0467. The predicted molar refractivity (Wildman–Crippen MR) is 114 cm³/mol. The first kappa shape index (κ1) is 19.4. The molecule has 7 nitrogen and oxygen atoms in total. The zero-order chi connectivity index (χ0) is 20.2. The molecule has 0 radical (unpaired) electrons. The van der Waals surface area contributed by atoms with E-state index in [0.29, 0.717) is 11.4 Å². The molecule has 0 aromatic carbocycles. The van der Waals surface area contributed by atoms with Crippen LogP contribution >= 0.6 is 11.5 Å². The number of aromatic nitrogens is 4. The van der Waals surface area contributed by atoms with Gasteiger partial charge in [-0.05, 0) is 61.5 Å². The molecule has 0 spiro atoms. The standard InChI is InChI=1S/C21H24N6OS/c1-3-17-19(29-26-25-17)21(28)27-11-5-7-15(13-27)18-9-8-16(12-23-18)24-20-14(2)6-4-10-22-20/h4,6,8-10,12,15H,3,5,7,11,13H2,1-2H3,(H,22,24)/t15-/m0/s1. The maximum atomic E-state index is 12.9. The van der Waals surface area contributed by atoms with Crippen LogP contribution in [0.15, 0.2) is 36.7 Å². The minimum atomic E-state index is 0.0467. The van der Waals surface area contributed by atoms with E-state index in [0.717, 1.165) is 54.3 Å². The van der Waals surface area contributed by atoms with Gasteiger partial charge in [-0.15, -0.1) is 5.10 Å². The number of aryl methyl sites for hydroxylation is 2. The molecule has 8 heteroatoms. The SMILES string of the molecule is CCc1nnsc1C(=O)N1CCC[C@H](c2ccc(Nc3ncccc3C)cn2)C1. The summed E-state index contributed by atoms with van der Waals surface area (Å²) in [5.74, 6) is 1.12. The van der Waals surface area contributed by atoms with Gasteiger partial charge in [0.05, 0.1) is 17.6 Å². The van der Waals surface area contributed by atoms with Gasteiger partial charge in [0.2, 0.25) is 0 Å². The van der Waals surface area contributed by atoms with E-state index in [4.69, 9.17) is 0 Å². The molecule has 0 aliphatic carbocycles. The number of anilines is 2. The molecule has 1 fully saturated rings. The van der Waals surface area contributed by atoms with Crippen LogP contribution in [0, 0.1) is 6.92 Å². The summed E-state index contributed by atoms with van der Waals surface area (Å²) in [6.45, 7) is 5.47. The number of amides is 1. The van der Waals surface area contributed by atoms with Gasteiger partial charge in [-0.25, -0.2) is 4.98 Å². The van der Waals surface area contributed by atoms with Gasteiger partial charge in [0.25, 0.3) is 5.91 Å². The van der Waals surface area contributed by atoms with E-state index in [-0.39, 0.29) is 11.8 Å². The number of likely N-dealkylation sites (tertiary alicyclic amines) is 1. The predicted octanol–water partition coefficient (Wildman–Crippen LogP) is 3.96. The Labute approximate surface area is 174 Å². The van der Waals surface area contributed by atoms with Gasteiger partial charge in [-0.3, -0.25) is 9.78 Å². The molecule has 0 unspecified atom stereocenters. The fourth-order valence-electron chi connectivity index (χ4n) is 3.62. The van der Waals surface area contributed by atoms with E-state index in [1.54, 1.807) is 6.20 Å². The number of piperidine rings is 1. The lowest BCUT2D eigenvalue weighted by Gasteiger charge is -2.32. The third-order valence-electron chi connectivity index (χ3n) is 5.27. The van der Waals surface area contributed by atoms with Gasteiger partial charge < -0.3 is 10.2 Å². The first-order valence-electron chi connectivity index (χ1n) is 9.90. The van der Waals surface area contributed by atoms with E-state index < -0.39 is 0 Å². The fourth-order valence-corrected chi connectivity index (χ4v) is 4.34. The molecule has 3 aromatic rings. The lowest BCUT2D eigenvalue weighted by Crippen LogP contribution is -2.39. The summed E-state index contributed by atoms with van der Waals surface area (Å²) in [5.41, 5.74) is 3.80. The molecule has 1 saturated heterocycles.